The zero-order chi connectivity index (χ0) is 26.9. The van der Waals surface area contributed by atoms with Crippen molar-refractivity contribution in [1.29, 1.82) is 0 Å². The van der Waals surface area contributed by atoms with Crippen LogP contribution in [0.3, 0.4) is 0 Å². The molecule has 0 aliphatic carbocycles. The summed E-state index contributed by atoms with van der Waals surface area (Å²) in [7, 11) is 2.04. The molecule has 2 aromatic carbocycles. The van der Waals surface area contributed by atoms with Crippen LogP contribution in [0.4, 0.5) is 0 Å². The van der Waals surface area contributed by atoms with E-state index in [0.29, 0.717) is 6.54 Å². The minimum atomic E-state index is -0.845. The number of nitrogens with one attached hydrogen (secondary N) is 1. The molecule has 8 nitrogen and oxygen atoms in total. The van der Waals surface area contributed by atoms with Crippen molar-refractivity contribution in [2.45, 2.75) is 58.5 Å². The number of hydrogen-bond acceptors (Lipinski definition) is 7. The molecule has 200 valence electrons. The number of carbonyl (C=O) groups is 2. The van der Waals surface area contributed by atoms with Gasteiger partial charge in [0.2, 0.25) is 0 Å². The van der Waals surface area contributed by atoms with Crippen LogP contribution in [0.25, 0.3) is 0 Å². The number of benzene rings is 2. The number of aliphatic hydroxyl groups is 1. The molecule has 2 N–H and O–H groups in total. The Kier molecular flexibility index (Phi) is 10.4. The highest BCUT2D eigenvalue weighted by atomic mass is 16.7. The molecule has 5 atom stereocenters. The van der Waals surface area contributed by atoms with E-state index < -0.39 is 18.4 Å². The van der Waals surface area contributed by atoms with Gasteiger partial charge >= 0.3 is 5.97 Å². The topological polar surface area (TPSA) is 97.3 Å². The maximum Gasteiger partial charge on any atom is 0.303 e. The molecule has 0 bridgehead atoms. The van der Waals surface area contributed by atoms with E-state index in [-0.39, 0.29) is 30.6 Å². The van der Waals surface area contributed by atoms with Crippen LogP contribution in [0.5, 0.6) is 0 Å². The first-order chi connectivity index (χ1) is 17.7. The lowest BCUT2D eigenvalue weighted by molar-refractivity contribution is -0.275. The van der Waals surface area contributed by atoms with Crippen LogP contribution in [-0.4, -0.2) is 54.2 Å². The molecule has 1 fully saturated rings. The summed E-state index contributed by atoms with van der Waals surface area (Å²) in [6.07, 6.45) is 0.205. The second kappa shape index (κ2) is 13.5. The first kappa shape index (κ1) is 28.5. The quantitative estimate of drug-likeness (QED) is 0.352. The number of carbonyl (C=O) groups excluding carboxylic acids is 2. The summed E-state index contributed by atoms with van der Waals surface area (Å²) in [6, 6.07) is 15.5. The zero-order valence-corrected chi connectivity index (χ0v) is 22.1. The molecule has 1 saturated heterocycles. The minimum Gasteiger partial charge on any atom is -0.453 e. The third-order valence-electron chi connectivity index (χ3n) is 6.49. The maximum absolute atomic E-state index is 12.1. The maximum atomic E-state index is 12.1. The van der Waals surface area contributed by atoms with Crippen LogP contribution in [0.15, 0.2) is 61.2 Å². The van der Waals surface area contributed by atoms with Crippen molar-refractivity contribution in [3.63, 3.8) is 0 Å². The number of rotatable bonds is 11. The van der Waals surface area contributed by atoms with E-state index in [1.54, 1.807) is 0 Å². The summed E-state index contributed by atoms with van der Waals surface area (Å²) in [6.45, 7) is 10.6. The summed E-state index contributed by atoms with van der Waals surface area (Å²) in [4.78, 5) is 25.4. The fraction of sp³-hybridized carbons (Fsp3) is 0.448. The number of likely N-dealkylation sites (N-methyl/N-ethyl adjacent to an activating group) is 1. The molecule has 0 spiro atoms. The van der Waals surface area contributed by atoms with Crippen molar-refractivity contribution in [2.24, 2.45) is 5.92 Å². The molecule has 1 heterocycles. The monoisotopic (exact) mass is 510 g/mol. The largest absolute Gasteiger partial charge is 0.453 e. The van der Waals surface area contributed by atoms with E-state index in [1.807, 2.05) is 61.7 Å². The molecule has 0 unspecified atom stereocenters. The molecule has 2 aromatic rings. The van der Waals surface area contributed by atoms with Crippen LogP contribution < -0.4 is 5.32 Å². The van der Waals surface area contributed by atoms with E-state index >= 15 is 0 Å². The van der Waals surface area contributed by atoms with Crippen LogP contribution in [-0.2, 0) is 37.0 Å². The van der Waals surface area contributed by atoms with Crippen LogP contribution in [0.2, 0.25) is 0 Å². The van der Waals surface area contributed by atoms with Crippen molar-refractivity contribution >= 4 is 11.9 Å². The summed E-state index contributed by atoms with van der Waals surface area (Å²) in [5.41, 5.74) is 3.67. The van der Waals surface area contributed by atoms with Crippen molar-refractivity contribution in [3.8, 4) is 0 Å². The molecule has 1 amide bonds. The molecule has 8 heteroatoms. The van der Waals surface area contributed by atoms with E-state index in [1.165, 1.54) is 13.8 Å². The Labute approximate surface area is 219 Å². The molecule has 0 aromatic heterocycles. The molecule has 1 aliphatic rings. The predicted molar refractivity (Wildman–Crippen MR) is 140 cm³/mol. The van der Waals surface area contributed by atoms with Crippen molar-refractivity contribution in [3.05, 3.63) is 83.4 Å². The Bertz CT molecular complexity index is 1040. The number of esters is 1. The number of hydrogen-bond donors (Lipinski definition) is 2. The van der Waals surface area contributed by atoms with Crippen LogP contribution >= 0.6 is 0 Å². The number of ether oxygens (including phenoxy) is 3. The van der Waals surface area contributed by atoms with E-state index in [9.17, 15) is 14.7 Å². The van der Waals surface area contributed by atoms with Gasteiger partial charge in [-0.1, -0.05) is 61.5 Å². The van der Waals surface area contributed by atoms with Crippen molar-refractivity contribution in [2.75, 3.05) is 20.1 Å². The average Bonchev–Trinajstić information content (AvgIpc) is 2.88. The Morgan fingerprint density at radius 2 is 1.73 bits per heavy atom. The SMILES string of the molecule is C=CCN(C)C[C@H]1O[C@@H](c2ccc(CNC(=O)[C@H](C)OC(C)=O)cc2)O[C@@H](c2ccc(CO)cc2)[C@H]1C. The predicted octanol–water partition coefficient (Wildman–Crippen LogP) is 3.66. The van der Waals surface area contributed by atoms with E-state index in [4.69, 9.17) is 14.2 Å². The molecule has 37 heavy (non-hydrogen) atoms. The van der Waals surface area contributed by atoms with Crippen molar-refractivity contribution in [1.82, 2.24) is 10.2 Å². The van der Waals surface area contributed by atoms with Gasteiger partial charge in [0.05, 0.1) is 18.8 Å². The molecule has 1 aliphatic heterocycles. The summed E-state index contributed by atoms with van der Waals surface area (Å²) in [5, 5.41) is 12.2. The highest BCUT2D eigenvalue weighted by Gasteiger charge is 2.38. The first-order valence-corrected chi connectivity index (χ1v) is 12.6. The first-order valence-electron chi connectivity index (χ1n) is 12.6. The van der Waals surface area contributed by atoms with Gasteiger partial charge in [-0.15, -0.1) is 6.58 Å². The highest BCUT2D eigenvalue weighted by Crippen LogP contribution is 2.41. The van der Waals surface area contributed by atoms with Gasteiger partial charge in [-0.2, -0.15) is 0 Å². The number of aliphatic hydroxyl groups excluding tert-OH is 1. The van der Waals surface area contributed by atoms with Crippen LogP contribution in [0.1, 0.15) is 55.4 Å². The van der Waals surface area contributed by atoms with Gasteiger partial charge in [-0.05, 0) is 30.7 Å². The summed E-state index contributed by atoms with van der Waals surface area (Å²) in [5.74, 6) is -0.753. The summed E-state index contributed by atoms with van der Waals surface area (Å²) >= 11 is 0. The Balaban J connectivity index is 1.74. The molecule has 0 saturated carbocycles. The lowest BCUT2D eigenvalue weighted by Crippen LogP contribution is -2.43. The lowest BCUT2D eigenvalue weighted by Gasteiger charge is -2.42. The normalized spacial score (nSPS) is 22.3. The summed E-state index contributed by atoms with van der Waals surface area (Å²) < 4.78 is 17.8. The Morgan fingerprint density at radius 3 is 2.32 bits per heavy atom. The Morgan fingerprint density at radius 1 is 1.11 bits per heavy atom. The third kappa shape index (κ3) is 7.97. The smallest absolute Gasteiger partial charge is 0.303 e. The average molecular weight is 511 g/mol. The molecular weight excluding hydrogens is 472 g/mol. The van der Waals surface area contributed by atoms with Gasteiger partial charge in [0.15, 0.2) is 12.4 Å². The minimum absolute atomic E-state index is 0.00245. The van der Waals surface area contributed by atoms with Gasteiger partial charge in [0.1, 0.15) is 0 Å². The molecule has 3 rings (SSSR count). The standard InChI is InChI=1S/C29H38N2O6/c1-6-15-31(5)17-26-19(2)27(24-11-9-23(18-32)10-12-24)37-29(36-26)25-13-7-22(8-14-25)16-30-28(34)20(3)35-21(4)33/h6-14,19-20,26-27,29,32H,1,15-18H2,2-5H3,(H,30,34)/t19-,20-,26+,27+,29+/m0/s1. The number of amides is 1. The van der Waals surface area contributed by atoms with Gasteiger partial charge in [-0.3, -0.25) is 9.59 Å². The third-order valence-corrected chi connectivity index (χ3v) is 6.49. The van der Waals surface area contributed by atoms with Crippen molar-refractivity contribution < 1.29 is 28.9 Å². The van der Waals surface area contributed by atoms with Gasteiger partial charge in [0, 0.05) is 38.0 Å². The van der Waals surface area contributed by atoms with E-state index in [0.717, 1.165) is 35.3 Å². The van der Waals surface area contributed by atoms with Crippen LogP contribution in [0, 0.1) is 5.92 Å². The zero-order valence-electron chi connectivity index (χ0n) is 22.1. The lowest BCUT2D eigenvalue weighted by atomic mass is 9.90. The fourth-order valence-corrected chi connectivity index (χ4v) is 4.36. The van der Waals surface area contributed by atoms with E-state index in [2.05, 4.69) is 23.7 Å². The second-order valence-corrected chi connectivity index (χ2v) is 9.54. The molecule has 0 radical (unpaired) electrons. The van der Waals surface area contributed by atoms with Gasteiger partial charge in [-0.25, -0.2) is 0 Å². The highest BCUT2D eigenvalue weighted by molar-refractivity contribution is 5.82. The fourth-order valence-electron chi connectivity index (χ4n) is 4.36. The number of nitrogens with zero attached hydrogens (tertiary/aromatic N) is 1. The Hall–Kier alpha value is -3.04. The van der Waals surface area contributed by atoms with Gasteiger partial charge < -0.3 is 29.5 Å². The second-order valence-electron chi connectivity index (χ2n) is 9.54. The van der Waals surface area contributed by atoms with Gasteiger partial charge in [0.25, 0.3) is 5.91 Å². The molecular formula is C29H38N2O6.